The lowest BCUT2D eigenvalue weighted by Gasteiger charge is -2.09. The molecule has 7 nitrogen and oxygen atoms in total. The van der Waals surface area contributed by atoms with E-state index in [0.29, 0.717) is 29.4 Å². The van der Waals surface area contributed by atoms with Crippen LogP contribution in [0.4, 0.5) is 0 Å². The van der Waals surface area contributed by atoms with Crippen LogP contribution in [0.5, 0.6) is 11.5 Å². The molecule has 0 aliphatic heterocycles. The van der Waals surface area contributed by atoms with Gasteiger partial charge < -0.3 is 19.7 Å². The van der Waals surface area contributed by atoms with Crippen LogP contribution in [0.2, 0.25) is 0 Å². The lowest BCUT2D eigenvalue weighted by atomic mass is 10.1. The van der Waals surface area contributed by atoms with Crippen LogP contribution in [0.3, 0.4) is 0 Å². The molecule has 1 amide bonds. The maximum Gasteiger partial charge on any atom is 0.269 e. The summed E-state index contributed by atoms with van der Waals surface area (Å²) in [6.45, 7) is 1.56. The molecule has 0 spiro atoms. The number of benzene rings is 1. The Kier molecular flexibility index (Phi) is 6.20. The average molecular weight is 332 g/mol. The minimum Gasteiger partial charge on any atom is -0.493 e. The van der Waals surface area contributed by atoms with Gasteiger partial charge in [-0.3, -0.25) is 9.89 Å². The van der Waals surface area contributed by atoms with E-state index in [1.807, 2.05) is 32.3 Å². The van der Waals surface area contributed by atoms with Crippen molar-refractivity contribution in [3.8, 4) is 22.8 Å². The van der Waals surface area contributed by atoms with Crippen molar-refractivity contribution in [2.24, 2.45) is 0 Å². The van der Waals surface area contributed by atoms with Crippen molar-refractivity contribution in [3.05, 3.63) is 30.0 Å². The fraction of sp³-hybridized carbons (Fsp3) is 0.412. The van der Waals surface area contributed by atoms with Crippen LogP contribution < -0.4 is 14.8 Å². The molecule has 24 heavy (non-hydrogen) atoms. The van der Waals surface area contributed by atoms with Gasteiger partial charge in [-0.05, 0) is 51.3 Å². The van der Waals surface area contributed by atoms with Crippen LogP contribution in [0.25, 0.3) is 11.3 Å². The highest BCUT2D eigenvalue weighted by Crippen LogP contribution is 2.31. The zero-order valence-electron chi connectivity index (χ0n) is 14.5. The van der Waals surface area contributed by atoms with Gasteiger partial charge in [-0.15, -0.1) is 0 Å². The Morgan fingerprint density at radius 3 is 2.62 bits per heavy atom. The van der Waals surface area contributed by atoms with Crippen molar-refractivity contribution in [1.29, 1.82) is 0 Å². The summed E-state index contributed by atoms with van der Waals surface area (Å²) in [4.78, 5) is 14.2. The normalized spacial score (nSPS) is 10.7. The predicted octanol–water partition coefficient (Wildman–Crippen LogP) is 1.78. The standard InChI is InChI=1S/C17H24N4O3/c1-21(2)9-5-8-18-17(22)14-11-13(19-20-14)12-6-7-15(23-3)16(10-12)24-4/h6-7,10-11H,5,8-9H2,1-4H3,(H,18,22)(H,19,20). The third kappa shape index (κ3) is 4.48. The molecule has 2 rings (SSSR count). The number of ether oxygens (including phenoxy) is 2. The molecule has 7 heteroatoms. The Balaban J connectivity index is 2.03. The number of rotatable bonds is 8. The Labute approximate surface area is 142 Å². The predicted molar refractivity (Wildman–Crippen MR) is 92.6 cm³/mol. The van der Waals surface area contributed by atoms with Crippen molar-refractivity contribution in [2.75, 3.05) is 41.4 Å². The summed E-state index contributed by atoms with van der Waals surface area (Å²) in [6.07, 6.45) is 0.898. The van der Waals surface area contributed by atoms with Gasteiger partial charge in [0.25, 0.3) is 5.91 Å². The number of carbonyl (C=O) groups excluding carboxylic acids is 1. The number of nitrogens with one attached hydrogen (secondary N) is 2. The number of amides is 1. The highest BCUT2D eigenvalue weighted by molar-refractivity contribution is 5.93. The Bertz CT molecular complexity index is 682. The van der Waals surface area contributed by atoms with E-state index in [0.717, 1.165) is 18.5 Å². The smallest absolute Gasteiger partial charge is 0.269 e. The second-order valence-corrected chi connectivity index (χ2v) is 5.65. The van der Waals surface area contributed by atoms with Gasteiger partial charge in [-0.2, -0.15) is 5.10 Å². The number of methoxy groups -OCH3 is 2. The topological polar surface area (TPSA) is 79.5 Å². The molecule has 0 aliphatic carbocycles. The molecule has 0 atom stereocenters. The minimum atomic E-state index is -0.159. The molecule has 0 saturated carbocycles. The number of nitrogens with zero attached hydrogens (tertiary/aromatic N) is 2. The van der Waals surface area contributed by atoms with Crippen LogP contribution in [0.1, 0.15) is 16.9 Å². The van der Waals surface area contributed by atoms with E-state index in [4.69, 9.17) is 9.47 Å². The molecule has 0 fully saturated rings. The maximum atomic E-state index is 12.1. The zero-order valence-corrected chi connectivity index (χ0v) is 14.5. The average Bonchev–Trinajstić information content (AvgIpc) is 3.07. The molecule has 130 valence electrons. The molecule has 0 aliphatic rings. The maximum absolute atomic E-state index is 12.1. The molecule has 1 aromatic heterocycles. The Morgan fingerprint density at radius 1 is 1.21 bits per heavy atom. The van der Waals surface area contributed by atoms with E-state index in [1.54, 1.807) is 20.3 Å². The number of hydrogen-bond donors (Lipinski definition) is 2. The Hall–Kier alpha value is -2.54. The molecule has 0 bridgehead atoms. The van der Waals surface area contributed by atoms with Gasteiger partial charge in [-0.25, -0.2) is 0 Å². The fourth-order valence-corrected chi connectivity index (χ4v) is 2.27. The van der Waals surface area contributed by atoms with Gasteiger partial charge in [-0.1, -0.05) is 0 Å². The SMILES string of the molecule is COc1ccc(-c2cc(C(=O)NCCCN(C)C)[nH]n2)cc1OC. The summed E-state index contributed by atoms with van der Waals surface area (Å²) >= 11 is 0. The summed E-state index contributed by atoms with van der Waals surface area (Å²) in [5.74, 6) is 1.11. The van der Waals surface area contributed by atoms with E-state index < -0.39 is 0 Å². The van der Waals surface area contributed by atoms with Gasteiger partial charge in [0.1, 0.15) is 5.69 Å². The molecule has 1 aromatic carbocycles. The first-order valence-corrected chi connectivity index (χ1v) is 7.76. The van der Waals surface area contributed by atoms with E-state index in [9.17, 15) is 4.79 Å². The van der Waals surface area contributed by atoms with Gasteiger partial charge >= 0.3 is 0 Å². The first-order chi connectivity index (χ1) is 11.5. The number of carbonyl (C=O) groups is 1. The highest BCUT2D eigenvalue weighted by Gasteiger charge is 2.12. The summed E-state index contributed by atoms with van der Waals surface area (Å²) in [5, 5.41) is 9.86. The Morgan fingerprint density at radius 2 is 1.96 bits per heavy atom. The first kappa shape index (κ1) is 17.8. The van der Waals surface area contributed by atoms with Crippen LogP contribution in [-0.4, -0.2) is 62.4 Å². The second-order valence-electron chi connectivity index (χ2n) is 5.65. The van der Waals surface area contributed by atoms with Crippen molar-refractivity contribution < 1.29 is 14.3 Å². The third-order valence-electron chi connectivity index (χ3n) is 3.57. The van der Waals surface area contributed by atoms with Crippen molar-refractivity contribution in [1.82, 2.24) is 20.4 Å². The largest absolute Gasteiger partial charge is 0.493 e. The summed E-state index contributed by atoms with van der Waals surface area (Å²) in [6, 6.07) is 7.23. The van der Waals surface area contributed by atoms with Crippen molar-refractivity contribution >= 4 is 5.91 Å². The minimum absolute atomic E-state index is 0.159. The summed E-state index contributed by atoms with van der Waals surface area (Å²) in [7, 11) is 7.18. The van der Waals surface area contributed by atoms with Gasteiger partial charge in [0.15, 0.2) is 11.5 Å². The first-order valence-electron chi connectivity index (χ1n) is 7.76. The number of aromatic nitrogens is 2. The van der Waals surface area contributed by atoms with Crippen LogP contribution >= 0.6 is 0 Å². The van der Waals surface area contributed by atoms with Gasteiger partial charge in [0.2, 0.25) is 0 Å². The van der Waals surface area contributed by atoms with Crippen LogP contribution in [0, 0.1) is 0 Å². The lowest BCUT2D eigenvalue weighted by molar-refractivity contribution is 0.0947. The zero-order chi connectivity index (χ0) is 17.5. The van der Waals surface area contributed by atoms with Gasteiger partial charge in [0, 0.05) is 12.1 Å². The third-order valence-corrected chi connectivity index (χ3v) is 3.57. The molecule has 0 saturated heterocycles. The highest BCUT2D eigenvalue weighted by atomic mass is 16.5. The second kappa shape index (κ2) is 8.35. The lowest BCUT2D eigenvalue weighted by Crippen LogP contribution is -2.27. The van der Waals surface area contributed by atoms with E-state index in [1.165, 1.54) is 0 Å². The molecule has 0 radical (unpaired) electrons. The number of hydrogen-bond acceptors (Lipinski definition) is 5. The van der Waals surface area contributed by atoms with E-state index in [2.05, 4.69) is 20.4 Å². The molecule has 0 unspecified atom stereocenters. The van der Waals surface area contributed by atoms with Crippen LogP contribution in [0.15, 0.2) is 24.3 Å². The fourth-order valence-electron chi connectivity index (χ4n) is 2.27. The van der Waals surface area contributed by atoms with E-state index >= 15 is 0 Å². The number of aromatic amines is 1. The summed E-state index contributed by atoms with van der Waals surface area (Å²) < 4.78 is 10.5. The monoisotopic (exact) mass is 332 g/mol. The van der Waals surface area contributed by atoms with Crippen LogP contribution in [-0.2, 0) is 0 Å². The van der Waals surface area contributed by atoms with E-state index in [-0.39, 0.29) is 5.91 Å². The summed E-state index contributed by atoms with van der Waals surface area (Å²) in [5.41, 5.74) is 1.95. The van der Waals surface area contributed by atoms with Crippen molar-refractivity contribution in [2.45, 2.75) is 6.42 Å². The van der Waals surface area contributed by atoms with Crippen molar-refractivity contribution in [3.63, 3.8) is 0 Å². The molecule has 2 aromatic rings. The molecule has 1 heterocycles. The molecular formula is C17H24N4O3. The number of H-pyrrole nitrogens is 1. The quantitative estimate of drug-likeness (QED) is 0.720. The molecule has 2 N–H and O–H groups in total. The molecular weight excluding hydrogens is 308 g/mol. The van der Waals surface area contributed by atoms with Gasteiger partial charge in [0.05, 0.1) is 19.9 Å².